The zero-order valence-corrected chi connectivity index (χ0v) is 10.6. The number of rotatable bonds is 4. The van der Waals surface area contributed by atoms with E-state index in [0.29, 0.717) is 25.8 Å². The number of ether oxygens (including phenoxy) is 1. The van der Waals surface area contributed by atoms with Gasteiger partial charge in [0.25, 0.3) is 0 Å². The van der Waals surface area contributed by atoms with Gasteiger partial charge in [-0.15, -0.1) is 0 Å². The van der Waals surface area contributed by atoms with Crippen molar-refractivity contribution in [3.8, 4) is 0 Å². The molecule has 0 aromatic heterocycles. The van der Waals surface area contributed by atoms with Crippen molar-refractivity contribution in [3.63, 3.8) is 0 Å². The number of carboxylic acids is 1. The fraction of sp³-hybridized carbons (Fsp3) is 0.462. The number of hydrogen-bond acceptors (Lipinski definition) is 3. The number of morpholine rings is 1. The van der Waals surface area contributed by atoms with Crippen molar-refractivity contribution in [2.75, 3.05) is 19.7 Å². The smallest absolute Gasteiger partial charge is 0.306 e. The third kappa shape index (κ3) is 3.71. The van der Waals surface area contributed by atoms with E-state index in [4.69, 9.17) is 9.84 Å². The minimum atomic E-state index is -1.23. The number of hydrogen-bond donors (Lipinski definition) is 1. The fourth-order valence-electron chi connectivity index (χ4n) is 2.17. The molecule has 1 saturated heterocycles. The van der Waals surface area contributed by atoms with Gasteiger partial charge in [-0.3, -0.25) is 9.69 Å². The molecule has 1 aromatic rings. The first kappa shape index (κ1) is 14.8. The number of nitrogens with zero attached hydrogens (tertiary/aromatic N) is 1. The molecule has 0 amide bonds. The van der Waals surface area contributed by atoms with Gasteiger partial charge in [0.1, 0.15) is 5.82 Å². The minimum Gasteiger partial charge on any atom is -0.481 e. The number of carbonyl (C=O) groups is 1. The van der Waals surface area contributed by atoms with Gasteiger partial charge in [0.2, 0.25) is 0 Å². The van der Waals surface area contributed by atoms with Crippen LogP contribution in [0.2, 0.25) is 0 Å². The SMILES string of the molecule is O=C(O)CC1CN(Cc2cc(F)c(F)cc2F)CCO1. The van der Waals surface area contributed by atoms with E-state index >= 15 is 0 Å². The van der Waals surface area contributed by atoms with Crippen molar-refractivity contribution < 1.29 is 27.8 Å². The zero-order chi connectivity index (χ0) is 14.7. The quantitative estimate of drug-likeness (QED) is 0.858. The van der Waals surface area contributed by atoms with Gasteiger partial charge < -0.3 is 9.84 Å². The molecule has 20 heavy (non-hydrogen) atoms. The van der Waals surface area contributed by atoms with Crippen molar-refractivity contribution in [1.29, 1.82) is 0 Å². The summed E-state index contributed by atoms with van der Waals surface area (Å²) in [6, 6.07) is 1.34. The van der Waals surface area contributed by atoms with Gasteiger partial charge in [0.15, 0.2) is 11.6 Å². The summed E-state index contributed by atoms with van der Waals surface area (Å²) in [5, 5.41) is 8.70. The lowest BCUT2D eigenvalue weighted by atomic mass is 10.1. The monoisotopic (exact) mass is 289 g/mol. The van der Waals surface area contributed by atoms with Crippen molar-refractivity contribution >= 4 is 5.97 Å². The Kier molecular flexibility index (Phi) is 4.61. The Morgan fingerprint density at radius 2 is 2.00 bits per heavy atom. The Labute approximate surface area is 113 Å². The molecular formula is C13H14F3NO3. The maximum Gasteiger partial charge on any atom is 0.306 e. The van der Waals surface area contributed by atoms with E-state index in [0.717, 1.165) is 6.07 Å². The van der Waals surface area contributed by atoms with Gasteiger partial charge in [-0.1, -0.05) is 0 Å². The maximum absolute atomic E-state index is 13.5. The predicted molar refractivity (Wildman–Crippen MR) is 63.6 cm³/mol. The summed E-state index contributed by atoms with van der Waals surface area (Å²) < 4.78 is 44.7. The standard InChI is InChI=1S/C13H14F3NO3/c14-10-5-12(16)11(15)3-8(10)6-17-1-2-20-9(7-17)4-13(18)19/h3,5,9H,1-2,4,6-7H2,(H,18,19). The molecule has 1 atom stereocenters. The van der Waals surface area contributed by atoms with Crippen LogP contribution in [0.5, 0.6) is 0 Å². The third-order valence-electron chi connectivity index (χ3n) is 3.11. The van der Waals surface area contributed by atoms with Crippen molar-refractivity contribution in [2.24, 2.45) is 0 Å². The van der Waals surface area contributed by atoms with E-state index in [1.165, 1.54) is 0 Å². The summed E-state index contributed by atoms with van der Waals surface area (Å²) in [4.78, 5) is 12.4. The summed E-state index contributed by atoms with van der Waals surface area (Å²) in [6.45, 7) is 1.20. The molecule has 1 heterocycles. The molecular weight excluding hydrogens is 275 g/mol. The lowest BCUT2D eigenvalue weighted by Gasteiger charge is -2.32. The van der Waals surface area contributed by atoms with Crippen molar-refractivity contribution in [2.45, 2.75) is 19.1 Å². The van der Waals surface area contributed by atoms with Crippen molar-refractivity contribution in [1.82, 2.24) is 4.90 Å². The molecule has 4 nitrogen and oxygen atoms in total. The van der Waals surface area contributed by atoms with Crippen LogP contribution < -0.4 is 0 Å². The Morgan fingerprint density at radius 1 is 1.30 bits per heavy atom. The number of halogens is 3. The summed E-state index contributed by atoms with van der Waals surface area (Å²) in [7, 11) is 0. The average molecular weight is 289 g/mol. The van der Waals surface area contributed by atoms with Gasteiger partial charge in [-0.25, -0.2) is 13.2 Å². The average Bonchev–Trinajstić information content (AvgIpc) is 2.35. The normalized spacial score (nSPS) is 20.1. The number of aliphatic carboxylic acids is 1. The van der Waals surface area contributed by atoms with E-state index < -0.39 is 29.5 Å². The molecule has 2 rings (SSSR count). The third-order valence-corrected chi connectivity index (χ3v) is 3.11. The lowest BCUT2D eigenvalue weighted by Crippen LogP contribution is -2.42. The predicted octanol–water partition coefficient (Wildman–Crippen LogP) is 1.78. The van der Waals surface area contributed by atoms with Gasteiger partial charge in [-0.2, -0.15) is 0 Å². The molecule has 1 aromatic carbocycles. The van der Waals surface area contributed by atoms with Crippen LogP contribution in [0.1, 0.15) is 12.0 Å². The van der Waals surface area contributed by atoms with E-state index in [-0.39, 0.29) is 18.5 Å². The molecule has 7 heteroatoms. The zero-order valence-electron chi connectivity index (χ0n) is 10.6. The largest absolute Gasteiger partial charge is 0.481 e. The fourth-order valence-corrected chi connectivity index (χ4v) is 2.17. The van der Waals surface area contributed by atoms with Crippen LogP contribution in [0.15, 0.2) is 12.1 Å². The van der Waals surface area contributed by atoms with Crippen LogP contribution >= 0.6 is 0 Å². The second-order valence-electron chi connectivity index (χ2n) is 4.68. The summed E-state index contributed by atoms with van der Waals surface area (Å²) in [6.07, 6.45) is -0.619. The Balaban J connectivity index is 2.02. The van der Waals surface area contributed by atoms with Crippen LogP contribution in [0.25, 0.3) is 0 Å². The molecule has 0 saturated carbocycles. The highest BCUT2D eigenvalue weighted by molar-refractivity contribution is 5.67. The summed E-state index contributed by atoms with van der Waals surface area (Å²) >= 11 is 0. The van der Waals surface area contributed by atoms with Crippen LogP contribution in [0, 0.1) is 17.5 Å². The molecule has 0 radical (unpaired) electrons. The summed E-state index contributed by atoms with van der Waals surface area (Å²) in [5.41, 5.74) is 0.0416. The highest BCUT2D eigenvalue weighted by Crippen LogP contribution is 2.18. The molecule has 1 unspecified atom stereocenters. The van der Waals surface area contributed by atoms with Crippen LogP contribution in [0.4, 0.5) is 13.2 Å². The first-order chi connectivity index (χ1) is 9.45. The molecule has 1 N–H and O–H groups in total. The van der Waals surface area contributed by atoms with E-state index in [1.54, 1.807) is 4.90 Å². The van der Waals surface area contributed by atoms with E-state index in [9.17, 15) is 18.0 Å². The van der Waals surface area contributed by atoms with E-state index in [2.05, 4.69) is 0 Å². The molecule has 1 fully saturated rings. The van der Waals surface area contributed by atoms with Gasteiger partial charge in [0.05, 0.1) is 19.1 Å². The van der Waals surface area contributed by atoms with Crippen LogP contribution in [-0.4, -0.2) is 41.8 Å². The Morgan fingerprint density at radius 3 is 2.70 bits per heavy atom. The van der Waals surface area contributed by atoms with E-state index in [1.807, 2.05) is 0 Å². The highest BCUT2D eigenvalue weighted by atomic mass is 19.2. The molecule has 0 bridgehead atoms. The number of carboxylic acid groups (broad SMARTS) is 1. The summed E-state index contributed by atoms with van der Waals surface area (Å²) in [5.74, 6) is -4.12. The second-order valence-corrected chi connectivity index (χ2v) is 4.68. The maximum atomic E-state index is 13.5. The van der Waals surface area contributed by atoms with Gasteiger partial charge in [0, 0.05) is 31.3 Å². The van der Waals surface area contributed by atoms with Crippen LogP contribution in [-0.2, 0) is 16.1 Å². The second kappa shape index (κ2) is 6.23. The highest BCUT2D eigenvalue weighted by Gasteiger charge is 2.23. The lowest BCUT2D eigenvalue weighted by molar-refractivity contribution is -0.142. The topological polar surface area (TPSA) is 49.8 Å². The Bertz CT molecular complexity index is 510. The first-order valence-corrected chi connectivity index (χ1v) is 6.15. The van der Waals surface area contributed by atoms with Crippen molar-refractivity contribution in [3.05, 3.63) is 35.1 Å². The minimum absolute atomic E-state index is 0.0416. The number of benzene rings is 1. The first-order valence-electron chi connectivity index (χ1n) is 6.15. The Hall–Kier alpha value is -1.60. The van der Waals surface area contributed by atoms with Crippen LogP contribution in [0.3, 0.4) is 0 Å². The molecule has 0 spiro atoms. The molecule has 1 aliphatic heterocycles. The van der Waals surface area contributed by atoms with Gasteiger partial charge in [-0.05, 0) is 6.07 Å². The van der Waals surface area contributed by atoms with Gasteiger partial charge >= 0.3 is 5.97 Å². The molecule has 1 aliphatic rings. The molecule has 0 aliphatic carbocycles. The molecule has 110 valence electrons.